The Hall–Kier alpha value is -0.980. The topological polar surface area (TPSA) is 50.1 Å². The van der Waals surface area contributed by atoms with E-state index in [4.69, 9.17) is 18.9 Å². The molecule has 1 aromatic carbocycles. The summed E-state index contributed by atoms with van der Waals surface area (Å²) in [6.45, 7) is 4.96. The van der Waals surface area contributed by atoms with E-state index in [1.807, 2.05) is 6.07 Å². The van der Waals surface area contributed by atoms with Gasteiger partial charge in [0, 0.05) is 13.1 Å². The summed E-state index contributed by atoms with van der Waals surface area (Å²) in [4.78, 5) is 2.34. The third-order valence-electron chi connectivity index (χ3n) is 3.94. The van der Waals surface area contributed by atoms with Crippen LogP contribution < -0.4 is 0 Å². The van der Waals surface area contributed by atoms with Crippen molar-refractivity contribution in [3.05, 3.63) is 35.9 Å². The lowest BCUT2D eigenvalue weighted by molar-refractivity contribution is -0.0715. The van der Waals surface area contributed by atoms with Crippen molar-refractivity contribution in [2.45, 2.75) is 24.5 Å². The van der Waals surface area contributed by atoms with Crippen LogP contribution in [-0.2, 0) is 18.9 Å². The van der Waals surface area contributed by atoms with Crippen LogP contribution in [0.25, 0.3) is 0 Å². The number of hydrogen-bond acceptors (Lipinski definition) is 5. The van der Waals surface area contributed by atoms with Gasteiger partial charge in [-0.1, -0.05) is 30.3 Å². The van der Waals surface area contributed by atoms with Gasteiger partial charge in [0.2, 0.25) is 0 Å². The minimum Gasteiger partial charge on any atom is -0.372 e. The van der Waals surface area contributed by atoms with Crippen LogP contribution >= 0.6 is 0 Å². The molecular formula is C16H21NO4. The second-order valence-electron chi connectivity index (χ2n) is 5.92. The molecule has 4 rings (SSSR count). The van der Waals surface area contributed by atoms with Gasteiger partial charge in [0.1, 0.15) is 12.3 Å². The van der Waals surface area contributed by atoms with Gasteiger partial charge >= 0.3 is 0 Å². The Bertz CT molecular complexity index is 443. The molecular weight excluding hydrogens is 270 g/mol. The molecule has 5 nitrogen and oxygen atoms in total. The maximum absolute atomic E-state index is 6.16. The fraction of sp³-hybridized carbons (Fsp3) is 0.625. The standard InChI is InChI=1S/C16H21NO4/c1-2-4-12(5-3-1)16(21-11-15-10-20-15)17(6-13-8-18-13)7-14-9-19-14/h1-5,13-16H,6-11H2. The molecule has 3 aliphatic rings. The third-order valence-corrected chi connectivity index (χ3v) is 3.94. The first-order valence-electron chi connectivity index (χ1n) is 7.64. The molecule has 0 saturated carbocycles. The first-order chi connectivity index (χ1) is 10.4. The van der Waals surface area contributed by atoms with E-state index in [2.05, 4.69) is 29.2 Å². The van der Waals surface area contributed by atoms with Gasteiger partial charge in [0.25, 0.3) is 0 Å². The van der Waals surface area contributed by atoms with Crippen molar-refractivity contribution in [2.75, 3.05) is 39.5 Å². The summed E-state index contributed by atoms with van der Waals surface area (Å²) in [5, 5.41) is 0. The van der Waals surface area contributed by atoms with E-state index in [0.717, 1.165) is 32.9 Å². The Balaban J connectivity index is 1.48. The van der Waals surface area contributed by atoms with Crippen molar-refractivity contribution >= 4 is 0 Å². The predicted octanol–water partition coefficient (Wildman–Crippen LogP) is 1.20. The fourth-order valence-corrected chi connectivity index (χ4v) is 2.53. The molecule has 0 aromatic heterocycles. The van der Waals surface area contributed by atoms with Crippen molar-refractivity contribution in [3.8, 4) is 0 Å². The summed E-state index contributed by atoms with van der Waals surface area (Å²) in [5.41, 5.74) is 1.18. The molecule has 1 aromatic rings. The van der Waals surface area contributed by atoms with E-state index in [9.17, 15) is 0 Å². The molecule has 3 saturated heterocycles. The quantitative estimate of drug-likeness (QED) is 0.505. The molecule has 5 heteroatoms. The van der Waals surface area contributed by atoms with Gasteiger partial charge in [0.05, 0.1) is 38.6 Å². The van der Waals surface area contributed by atoms with Crippen molar-refractivity contribution in [1.82, 2.24) is 4.90 Å². The molecule has 0 spiro atoms. The minimum absolute atomic E-state index is 0.0520. The van der Waals surface area contributed by atoms with E-state index >= 15 is 0 Å². The lowest BCUT2D eigenvalue weighted by Crippen LogP contribution is -2.37. The van der Waals surface area contributed by atoms with Crippen LogP contribution in [0.1, 0.15) is 11.8 Å². The Morgan fingerprint density at radius 3 is 2.05 bits per heavy atom. The first-order valence-corrected chi connectivity index (χ1v) is 7.64. The Morgan fingerprint density at radius 1 is 0.952 bits per heavy atom. The van der Waals surface area contributed by atoms with E-state index < -0.39 is 0 Å². The van der Waals surface area contributed by atoms with Gasteiger partial charge in [-0.25, -0.2) is 0 Å². The zero-order chi connectivity index (χ0) is 14.1. The van der Waals surface area contributed by atoms with Crippen LogP contribution in [0.4, 0.5) is 0 Å². The lowest BCUT2D eigenvalue weighted by Gasteiger charge is -2.31. The number of benzene rings is 1. The number of ether oxygens (including phenoxy) is 4. The number of hydrogen-bond donors (Lipinski definition) is 0. The highest BCUT2D eigenvalue weighted by atomic mass is 16.6. The van der Waals surface area contributed by atoms with Gasteiger partial charge in [0.15, 0.2) is 0 Å². The van der Waals surface area contributed by atoms with E-state index in [0.29, 0.717) is 18.8 Å². The van der Waals surface area contributed by atoms with Crippen LogP contribution in [0.5, 0.6) is 0 Å². The Kier molecular flexibility index (Phi) is 3.92. The maximum atomic E-state index is 6.16. The predicted molar refractivity (Wildman–Crippen MR) is 75.9 cm³/mol. The van der Waals surface area contributed by atoms with E-state index in [-0.39, 0.29) is 12.3 Å². The largest absolute Gasteiger partial charge is 0.372 e. The Morgan fingerprint density at radius 2 is 1.52 bits per heavy atom. The van der Waals surface area contributed by atoms with Crippen LogP contribution in [0, 0.1) is 0 Å². The minimum atomic E-state index is -0.0520. The molecule has 0 aliphatic carbocycles. The van der Waals surface area contributed by atoms with Gasteiger partial charge in [-0.3, -0.25) is 4.90 Å². The number of epoxide rings is 3. The normalized spacial score (nSPS) is 31.2. The van der Waals surface area contributed by atoms with Gasteiger partial charge < -0.3 is 18.9 Å². The average Bonchev–Trinajstić information content (AvgIpc) is 3.36. The van der Waals surface area contributed by atoms with Crippen molar-refractivity contribution in [1.29, 1.82) is 0 Å². The summed E-state index contributed by atoms with van der Waals surface area (Å²) in [7, 11) is 0. The molecule has 3 heterocycles. The summed E-state index contributed by atoms with van der Waals surface area (Å²) >= 11 is 0. The van der Waals surface area contributed by atoms with E-state index in [1.165, 1.54) is 5.56 Å². The Labute approximate surface area is 124 Å². The summed E-state index contributed by atoms with van der Waals surface area (Å²) < 4.78 is 22.2. The summed E-state index contributed by atoms with van der Waals surface area (Å²) in [6, 6.07) is 10.4. The zero-order valence-electron chi connectivity index (χ0n) is 12.0. The van der Waals surface area contributed by atoms with Gasteiger partial charge in [-0.05, 0) is 5.56 Å². The highest BCUT2D eigenvalue weighted by Crippen LogP contribution is 2.28. The molecule has 114 valence electrons. The van der Waals surface area contributed by atoms with Crippen LogP contribution in [-0.4, -0.2) is 62.7 Å². The third kappa shape index (κ3) is 4.02. The highest BCUT2D eigenvalue weighted by molar-refractivity contribution is 5.17. The SMILES string of the molecule is c1ccc(C(OCC2CO2)N(CC2CO2)CC2CO2)cc1. The van der Waals surface area contributed by atoms with Gasteiger partial charge in [-0.2, -0.15) is 0 Å². The van der Waals surface area contributed by atoms with Crippen LogP contribution in [0.15, 0.2) is 30.3 Å². The van der Waals surface area contributed by atoms with E-state index in [1.54, 1.807) is 0 Å². The average molecular weight is 291 g/mol. The van der Waals surface area contributed by atoms with Crippen LogP contribution in [0.2, 0.25) is 0 Å². The summed E-state index contributed by atoms with van der Waals surface area (Å²) in [6.07, 6.45) is 0.905. The maximum Gasteiger partial charge on any atom is 0.137 e. The monoisotopic (exact) mass is 291 g/mol. The smallest absolute Gasteiger partial charge is 0.137 e. The van der Waals surface area contributed by atoms with Gasteiger partial charge in [-0.15, -0.1) is 0 Å². The number of rotatable bonds is 9. The second kappa shape index (κ2) is 6.02. The first kappa shape index (κ1) is 13.7. The van der Waals surface area contributed by atoms with Crippen molar-refractivity contribution in [3.63, 3.8) is 0 Å². The molecule has 0 amide bonds. The summed E-state index contributed by atoms with van der Waals surface area (Å²) in [5.74, 6) is 0. The zero-order valence-corrected chi connectivity index (χ0v) is 12.0. The lowest BCUT2D eigenvalue weighted by atomic mass is 10.1. The second-order valence-corrected chi connectivity index (χ2v) is 5.92. The molecule has 3 fully saturated rings. The number of nitrogens with zero attached hydrogens (tertiary/aromatic N) is 1. The molecule has 21 heavy (non-hydrogen) atoms. The van der Waals surface area contributed by atoms with Crippen molar-refractivity contribution < 1.29 is 18.9 Å². The molecule has 4 atom stereocenters. The van der Waals surface area contributed by atoms with Crippen molar-refractivity contribution in [2.24, 2.45) is 0 Å². The molecule has 0 bridgehead atoms. The van der Waals surface area contributed by atoms with Crippen LogP contribution in [0.3, 0.4) is 0 Å². The molecule has 0 radical (unpaired) electrons. The molecule has 4 unspecified atom stereocenters. The molecule has 3 aliphatic heterocycles. The highest BCUT2D eigenvalue weighted by Gasteiger charge is 2.36. The molecule has 0 N–H and O–H groups in total. The fourth-order valence-electron chi connectivity index (χ4n) is 2.53.